The molecule has 0 saturated heterocycles. The van der Waals surface area contributed by atoms with Crippen LogP contribution in [0.1, 0.15) is 23.2 Å². The van der Waals surface area contributed by atoms with Crippen molar-refractivity contribution in [2.75, 3.05) is 12.4 Å². The molecule has 1 aromatic heterocycles. The number of rotatable bonds is 10. The maximum Gasteiger partial charge on any atom is 0.273 e. The number of anilines is 1. The molecule has 0 radical (unpaired) electrons. The van der Waals surface area contributed by atoms with Crippen LogP contribution in [0.2, 0.25) is 0 Å². The highest BCUT2D eigenvalue weighted by molar-refractivity contribution is 6.05. The maximum atomic E-state index is 15.3. The number of aromatic nitrogens is 1. The van der Waals surface area contributed by atoms with Gasteiger partial charge >= 0.3 is 0 Å². The van der Waals surface area contributed by atoms with Gasteiger partial charge in [-0.05, 0) is 67.4 Å². The summed E-state index contributed by atoms with van der Waals surface area (Å²) in [5.74, 6) is -1.50. The lowest BCUT2D eigenvalue weighted by Gasteiger charge is -2.18. The number of nitrogens with zero attached hydrogens (tertiary/aromatic N) is 2. The summed E-state index contributed by atoms with van der Waals surface area (Å²) in [4.78, 5) is 40.6. The van der Waals surface area contributed by atoms with Crippen molar-refractivity contribution in [3.63, 3.8) is 0 Å². The number of nitrogens with one attached hydrogen (secondary N) is 2. The summed E-state index contributed by atoms with van der Waals surface area (Å²) in [5, 5.41) is 17.0. The zero-order chi connectivity index (χ0) is 32.4. The van der Waals surface area contributed by atoms with E-state index in [0.717, 1.165) is 18.2 Å². The van der Waals surface area contributed by atoms with Gasteiger partial charge in [-0.25, -0.2) is 8.78 Å². The number of halogens is 2. The van der Waals surface area contributed by atoms with Crippen molar-refractivity contribution in [2.24, 2.45) is 0 Å². The molecule has 0 aliphatic heterocycles. The van der Waals surface area contributed by atoms with E-state index in [4.69, 9.17) is 14.2 Å². The number of benzene rings is 4. The predicted molar refractivity (Wildman–Crippen MR) is 162 cm³/mol. The average Bonchev–Trinajstić information content (AvgIpc) is 3.83. The van der Waals surface area contributed by atoms with Gasteiger partial charge in [0.2, 0.25) is 5.91 Å². The van der Waals surface area contributed by atoms with Crippen molar-refractivity contribution in [3.05, 3.63) is 118 Å². The van der Waals surface area contributed by atoms with Crippen LogP contribution in [0.4, 0.5) is 20.2 Å². The van der Waals surface area contributed by atoms with Gasteiger partial charge < -0.3 is 24.8 Å². The fraction of sp³-hybridized carbons (Fsp3) is 0.121. The van der Waals surface area contributed by atoms with Crippen LogP contribution in [0.25, 0.3) is 10.9 Å². The number of hydrogen-bond acceptors (Lipinski definition) is 8. The second-order valence-corrected chi connectivity index (χ2v) is 10.4. The summed E-state index contributed by atoms with van der Waals surface area (Å²) in [6, 6.07) is 19.2. The molecule has 2 N–H and O–H groups in total. The lowest BCUT2D eigenvalue weighted by atomic mass is 10.1. The summed E-state index contributed by atoms with van der Waals surface area (Å²) in [6.45, 7) is 0. The standard InChI is InChI=1S/C33H24F2N4O7/c1-44-29-18-26-24(17-30(29)45-23-4-2-3-22(16-23)39(42)43)27(11-14-36-26)46-28-10-9-21(15-25(28)35)37-32(41)33(12-13-33)38-31(40)19-5-7-20(34)8-6-19/h2-11,14-18H,12-13H2,1H3,(H,37,41)(H,38,40). The Labute approximate surface area is 259 Å². The average molecular weight is 627 g/mol. The zero-order valence-corrected chi connectivity index (χ0v) is 24.1. The summed E-state index contributed by atoms with van der Waals surface area (Å²) < 4.78 is 45.7. The number of nitro groups is 1. The van der Waals surface area contributed by atoms with Crippen LogP contribution < -0.4 is 24.8 Å². The van der Waals surface area contributed by atoms with E-state index < -0.39 is 33.9 Å². The number of ether oxygens (including phenoxy) is 3. The number of carbonyl (C=O) groups is 2. The number of carbonyl (C=O) groups excluding carboxylic acids is 2. The molecule has 1 fully saturated rings. The molecule has 1 aliphatic rings. The Hall–Kier alpha value is -6.11. The fourth-order valence-corrected chi connectivity index (χ4v) is 4.70. The Kier molecular flexibility index (Phi) is 7.88. The third kappa shape index (κ3) is 6.24. The summed E-state index contributed by atoms with van der Waals surface area (Å²) in [7, 11) is 1.43. The number of nitro benzene ring substituents is 1. The fourth-order valence-electron chi connectivity index (χ4n) is 4.70. The summed E-state index contributed by atoms with van der Waals surface area (Å²) >= 11 is 0. The highest BCUT2D eigenvalue weighted by atomic mass is 19.1. The van der Waals surface area contributed by atoms with Gasteiger partial charge in [-0.1, -0.05) is 6.07 Å². The Bertz CT molecular complexity index is 2000. The first-order valence-corrected chi connectivity index (χ1v) is 13.9. The molecule has 11 nitrogen and oxygen atoms in total. The second-order valence-electron chi connectivity index (χ2n) is 10.4. The monoisotopic (exact) mass is 626 g/mol. The molecule has 1 saturated carbocycles. The van der Waals surface area contributed by atoms with E-state index in [1.54, 1.807) is 18.2 Å². The van der Waals surface area contributed by atoms with Crippen LogP contribution in [0.15, 0.2) is 91.1 Å². The minimum atomic E-state index is -1.15. The Balaban J connectivity index is 1.19. The largest absolute Gasteiger partial charge is 0.493 e. The number of non-ortho nitro benzene ring substituents is 1. The van der Waals surface area contributed by atoms with Gasteiger partial charge in [0.05, 0.1) is 23.6 Å². The number of pyridine rings is 1. The van der Waals surface area contributed by atoms with Crippen LogP contribution in [0.5, 0.6) is 28.7 Å². The first kappa shape index (κ1) is 29.9. The van der Waals surface area contributed by atoms with Gasteiger partial charge in [0.25, 0.3) is 11.6 Å². The van der Waals surface area contributed by atoms with E-state index in [1.165, 1.54) is 61.8 Å². The molecule has 2 amide bonds. The minimum Gasteiger partial charge on any atom is -0.493 e. The molecule has 0 spiro atoms. The topological polar surface area (TPSA) is 142 Å². The molecule has 1 heterocycles. The molecule has 46 heavy (non-hydrogen) atoms. The molecule has 0 atom stereocenters. The van der Waals surface area contributed by atoms with Gasteiger partial charge in [-0.15, -0.1) is 0 Å². The first-order chi connectivity index (χ1) is 22.1. The van der Waals surface area contributed by atoms with E-state index in [9.17, 15) is 24.1 Å². The van der Waals surface area contributed by atoms with Crippen LogP contribution in [0, 0.1) is 21.7 Å². The van der Waals surface area contributed by atoms with Crippen molar-refractivity contribution in [1.82, 2.24) is 10.3 Å². The summed E-state index contributed by atoms with van der Waals surface area (Å²) in [5.41, 5.74) is -0.507. The van der Waals surface area contributed by atoms with Crippen LogP contribution in [0.3, 0.4) is 0 Å². The second kappa shape index (κ2) is 12.1. The van der Waals surface area contributed by atoms with Gasteiger partial charge in [-0.3, -0.25) is 24.7 Å². The molecule has 0 unspecified atom stereocenters. The SMILES string of the molecule is COc1cc2nccc(Oc3ccc(NC(=O)C4(NC(=O)c5ccc(F)cc5)CC4)cc3F)c2cc1Oc1cccc([N+](=O)[O-])c1. The quantitative estimate of drug-likeness (QED) is 0.126. The van der Waals surface area contributed by atoms with Crippen molar-refractivity contribution >= 4 is 34.1 Å². The van der Waals surface area contributed by atoms with Crippen molar-refractivity contribution < 1.29 is 37.5 Å². The highest BCUT2D eigenvalue weighted by Crippen LogP contribution is 2.41. The number of hydrogen-bond donors (Lipinski definition) is 2. The molecule has 232 valence electrons. The highest BCUT2D eigenvalue weighted by Gasteiger charge is 2.51. The lowest BCUT2D eigenvalue weighted by Crippen LogP contribution is -2.46. The van der Waals surface area contributed by atoms with E-state index >= 15 is 4.39 Å². The third-order valence-corrected chi connectivity index (χ3v) is 7.30. The molecule has 5 aromatic rings. The van der Waals surface area contributed by atoms with E-state index in [1.807, 2.05) is 0 Å². The van der Waals surface area contributed by atoms with Crippen molar-refractivity contribution in [3.8, 4) is 28.7 Å². The first-order valence-electron chi connectivity index (χ1n) is 13.9. The van der Waals surface area contributed by atoms with Crippen molar-refractivity contribution in [2.45, 2.75) is 18.4 Å². The Morgan fingerprint density at radius 1 is 0.891 bits per heavy atom. The lowest BCUT2D eigenvalue weighted by molar-refractivity contribution is -0.384. The Morgan fingerprint density at radius 3 is 2.37 bits per heavy atom. The maximum absolute atomic E-state index is 15.3. The Morgan fingerprint density at radius 2 is 1.67 bits per heavy atom. The summed E-state index contributed by atoms with van der Waals surface area (Å²) in [6.07, 6.45) is 2.25. The predicted octanol–water partition coefficient (Wildman–Crippen LogP) is 6.92. The van der Waals surface area contributed by atoms with E-state index in [2.05, 4.69) is 15.6 Å². The normalized spacial score (nSPS) is 13.0. The van der Waals surface area contributed by atoms with E-state index in [0.29, 0.717) is 29.5 Å². The van der Waals surface area contributed by atoms with Gasteiger partial charge in [-0.2, -0.15) is 0 Å². The van der Waals surface area contributed by atoms with Crippen LogP contribution in [-0.2, 0) is 4.79 Å². The number of amides is 2. The van der Waals surface area contributed by atoms with Crippen molar-refractivity contribution in [1.29, 1.82) is 0 Å². The van der Waals surface area contributed by atoms with Gasteiger partial charge in [0, 0.05) is 41.0 Å². The number of fused-ring (bicyclic) bond motifs is 1. The van der Waals surface area contributed by atoms with Gasteiger partial charge in [0.15, 0.2) is 23.1 Å². The molecule has 0 bridgehead atoms. The molecule has 13 heteroatoms. The molecular formula is C33H24F2N4O7. The molecular weight excluding hydrogens is 602 g/mol. The third-order valence-electron chi connectivity index (χ3n) is 7.30. The van der Waals surface area contributed by atoms with E-state index in [-0.39, 0.29) is 39.9 Å². The minimum absolute atomic E-state index is 0.145. The van der Waals surface area contributed by atoms with Crippen LogP contribution in [-0.4, -0.2) is 34.4 Å². The van der Waals surface area contributed by atoms with Gasteiger partial charge in [0.1, 0.15) is 22.9 Å². The smallest absolute Gasteiger partial charge is 0.273 e. The molecule has 4 aromatic carbocycles. The molecule has 6 rings (SSSR count). The molecule has 1 aliphatic carbocycles. The number of methoxy groups -OCH3 is 1. The van der Waals surface area contributed by atoms with Crippen LogP contribution >= 0.6 is 0 Å². The zero-order valence-electron chi connectivity index (χ0n) is 24.1.